The van der Waals surface area contributed by atoms with Crippen molar-refractivity contribution in [3.63, 3.8) is 0 Å². The third kappa shape index (κ3) is 3.45. The third-order valence-corrected chi connectivity index (χ3v) is 3.85. The zero-order chi connectivity index (χ0) is 14.9. The largest absolute Gasteiger partial charge is 0.497 e. The van der Waals surface area contributed by atoms with Crippen molar-refractivity contribution in [1.29, 1.82) is 0 Å². The predicted molar refractivity (Wildman–Crippen MR) is 81.0 cm³/mol. The highest BCUT2D eigenvalue weighted by Gasteiger charge is 2.26. The summed E-state index contributed by atoms with van der Waals surface area (Å²) in [6, 6.07) is 3.94. The highest BCUT2D eigenvalue weighted by molar-refractivity contribution is 9.10. The molecule has 20 heavy (non-hydrogen) atoms. The molecular weight excluding hydrogens is 322 g/mol. The number of hydrogen-bond donors (Lipinski definition) is 0. The van der Waals surface area contributed by atoms with Crippen LogP contribution < -0.4 is 4.74 Å². The van der Waals surface area contributed by atoms with Crippen molar-refractivity contribution in [2.45, 2.75) is 39.3 Å². The molecule has 4 nitrogen and oxygen atoms in total. The first-order valence-electron chi connectivity index (χ1n) is 6.63. The van der Waals surface area contributed by atoms with Gasteiger partial charge in [-0.25, -0.2) is 4.79 Å². The molecule has 0 aromatic heterocycles. The van der Waals surface area contributed by atoms with Crippen LogP contribution in [0, 0.1) is 0 Å². The summed E-state index contributed by atoms with van der Waals surface area (Å²) < 4.78 is 11.7. The van der Waals surface area contributed by atoms with Crippen molar-refractivity contribution in [2.75, 3.05) is 13.7 Å². The van der Waals surface area contributed by atoms with E-state index in [2.05, 4.69) is 15.9 Å². The quantitative estimate of drug-likeness (QED) is 0.780. The molecule has 0 atom stereocenters. The van der Waals surface area contributed by atoms with Gasteiger partial charge in [-0.1, -0.05) is 15.9 Å². The molecule has 0 unspecified atom stereocenters. The highest BCUT2D eigenvalue weighted by Crippen LogP contribution is 2.31. The zero-order valence-electron chi connectivity index (χ0n) is 12.3. The average molecular weight is 342 g/mol. The van der Waals surface area contributed by atoms with Gasteiger partial charge >= 0.3 is 6.09 Å². The zero-order valence-corrected chi connectivity index (χ0v) is 13.9. The minimum atomic E-state index is -0.466. The molecule has 1 amide bonds. The second kappa shape index (κ2) is 5.64. The molecular formula is C15H20BrNO3. The molecule has 0 N–H and O–H groups in total. The van der Waals surface area contributed by atoms with Gasteiger partial charge in [0.15, 0.2) is 0 Å². The van der Waals surface area contributed by atoms with E-state index in [1.165, 1.54) is 5.56 Å². The van der Waals surface area contributed by atoms with E-state index in [-0.39, 0.29) is 6.09 Å². The number of amides is 1. The van der Waals surface area contributed by atoms with E-state index < -0.39 is 5.60 Å². The maximum Gasteiger partial charge on any atom is 0.410 e. The molecule has 110 valence electrons. The van der Waals surface area contributed by atoms with E-state index in [9.17, 15) is 4.79 Å². The molecule has 0 saturated heterocycles. The molecule has 1 aromatic rings. The lowest BCUT2D eigenvalue weighted by Crippen LogP contribution is -2.40. The molecule has 1 aliphatic rings. The van der Waals surface area contributed by atoms with Gasteiger partial charge in [-0.15, -0.1) is 0 Å². The van der Waals surface area contributed by atoms with Gasteiger partial charge < -0.3 is 14.4 Å². The Labute approximate surface area is 128 Å². The van der Waals surface area contributed by atoms with E-state index in [4.69, 9.17) is 9.47 Å². The summed E-state index contributed by atoms with van der Waals surface area (Å²) in [5.74, 6) is 0.793. The van der Waals surface area contributed by atoms with Gasteiger partial charge in [-0.2, -0.15) is 0 Å². The van der Waals surface area contributed by atoms with Crippen molar-refractivity contribution in [2.24, 2.45) is 0 Å². The SMILES string of the molecule is COc1cc(Br)c2c(c1)CN(C(=O)OC(C)(C)C)CC2. The molecule has 0 saturated carbocycles. The first kappa shape index (κ1) is 15.2. The van der Waals surface area contributed by atoms with Gasteiger partial charge in [0.2, 0.25) is 0 Å². The van der Waals surface area contributed by atoms with E-state index in [0.717, 1.165) is 22.2 Å². The lowest BCUT2D eigenvalue weighted by atomic mass is 10.00. The van der Waals surface area contributed by atoms with Crippen molar-refractivity contribution in [3.8, 4) is 5.75 Å². The van der Waals surface area contributed by atoms with Crippen LogP contribution in [0.4, 0.5) is 4.79 Å². The van der Waals surface area contributed by atoms with Crippen LogP contribution in [0.25, 0.3) is 0 Å². The van der Waals surface area contributed by atoms with Crippen LogP contribution in [-0.4, -0.2) is 30.2 Å². The van der Waals surface area contributed by atoms with Crippen molar-refractivity contribution < 1.29 is 14.3 Å². The Kier molecular flexibility index (Phi) is 4.28. The van der Waals surface area contributed by atoms with Gasteiger partial charge in [0.25, 0.3) is 0 Å². The van der Waals surface area contributed by atoms with E-state index >= 15 is 0 Å². The molecule has 0 radical (unpaired) electrons. The predicted octanol–water partition coefficient (Wildman–Crippen LogP) is 3.75. The lowest BCUT2D eigenvalue weighted by molar-refractivity contribution is 0.0223. The van der Waals surface area contributed by atoms with Crippen molar-refractivity contribution in [3.05, 3.63) is 27.7 Å². The smallest absolute Gasteiger partial charge is 0.410 e. The number of methoxy groups -OCH3 is 1. The average Bonchev–Trinajstić information content (AvgIpc) is 2.35. The first-order chi connectivity index (χ1) is 9.30. The Morgan fingerprint density at radius 3 is 2.65 bits per heavy atom. The number of nitrogens with zero attached hydrogens (tertiary/aromatic N) is 1. The number of halogens is 1. The van der Waals surface area contributed by atoms with Crippen LogP contribution in [0.15, 0.2) is 16.6 Å². The summed E-state index contributed by atoms with van der Waals surface area (Å²) in [4.78, 5) is 13.9. The minimum Gasteiger partial charge on any atom is -0.497 e. The fourth-order valence-electron chi connectivity index (χ4n) is 2.22. The normalized spacial score (nSPS) is 14.8. The Bertz CT molecular complexity index is 523. The number of ether oxygens (including phenoxy) is 2. The molecule has 5 heteroatoms. The Balaban J connectivity index is 2.18. The standard InChI is InChI=1S/C15H20BrNO3/c1-15(2,3)20-14(18)17-6-5-12-10(9-17)7-11(19-4)8-13(12)16/h7-8H,5-6,9H2,1-4H3. The Morgan fingerprint density at radius 2 is 2.05 bits per heavy atom. The maximum absolute atomic E-state index is 12.1. The number of carbonyl (C=O) groups is 1. The molecule has 2 rings (SSSR count). The van der Waals surface area contributed by atoms with Gasteiger partial charge in [-0.3, -0.25) is 0 Å². The van der Waals surface area contributed by atoms with E-state index in [0.29, 0.717) is 13.1 Å². The van der Waals surface area contributed by atoms with E-state index in [1.54, 1.807) is 12.0 Å². The second-order valence-corrected chi connectivity index (χ2v) is 6.75. The van der Waals surface area contributed by atoms with Gasteiger partial charge in [0.05, 0.1) is 7.11 Å². The minimum absolute atomic E-state index is 0.262. The molecule has 1 heterocycles. The van der Waals surface area contributed by atoms with Crippen LogP contribution in [0.2, 0.25) is 0 Å². The van der Waals surface area contributed by atoms with Crippen LogP contribution >= 0.6 is 15.9 Å². The summed E-state index contributed by atoms with van der Waals surface area (Å²) in [7, 11) is 1.64. The third-order valence-electron chi connectivity index (χ3n) is 3.14. The molecule has 1 aromatic carbocycles. The first-order valence-corrected chi connectivity index (χ1v) is 7.42. The number of carbonyl (C=O) groups excluding carboxylic acids is 1. The van der Waals surface area contributed by atoms with Crippen molar-refractivity contribution >= 4 is 22.0 Å². The lowest BCUT2D eigenvalue weighted by Gasteiger charge is -2.31. The highest BCUT2D eigenvalue weighted by atomic mass is 79.9. The number of hydrogen-bond acceptors (Lipinski definition) is 3. The Hall–Kier alpha value is -1.23. The summed E-state index contributed by atoms with van der Waals surface area (Å²) >= 11 is 3.56. The number of benzene rings is 1. The van der Waals surface area contributed by atoms with Crippen LogP contribution in [0.3, 0.4) is 0 Å². The molecule has 0 aliphatic carbocycles. The second-order valence-electron chi connectivity index (χ2n) is 5.90. The molecule has 0 bridgehead atoms. The number of rotatable bonds is 1. The maximum atomic E-state index is 12.1. The van der Waals surface area contributed by atoms with Crippen LogP contribution in [0.1, 0.15) is 31.9 Å². The monoisotopic (exact) mass is 341 g/mol. The van der Waals surface area contributed by atoms with Gasteiger partial charge in [0, 0.05) is 17.6 Å². The molecule has 0 fully saturated rings. The van der Waals surface area contributed by atoms with Crippen molar-refractivity contribution in [1.82, 2.24) is 4.90 Å². The molecule has 1 aliphatic heterocycles. The Morgan fingerprint density at radius 1 is 1.35 bits per heavy atom. The topological polar surface area (TPSA) is 38.8 Å². The summed E-state index contributed by atoms with van der Waals surface area (Å²) in [5.41, 5.74) is 1.88. The van der Waals surface area contributed by atoms with E-state index in [1.807, 2.05) is 32.9 Å². The van der Waals surface area contributed by atoms with Crippen LogP contribution in [-0.2, 0) is 17.7 Å². The summed E-state index contributed by atoms with van der Waals surface area (Å²) in [5, 5.41) is 0. The van der Waals surface area contributed by atoms with Crippen LogP contribution in [0.5, 0.6) is 5.75 Å². The van der Waals surface area contributed by atoms with Gasteiger partial charge in [-0.05, 0) is 50.5 Å². The fraction of sp³-hybridized carbons (Fsp3) is 0.533. The molecule has 0 spiro atoms. The number of fused-ring (bicyclic) bond motifs is 1. The summed E-state index contributed by atoms with van der Waals surface area (Å²) in [6.45, 7) is 6.86. The van der Waals surface area contributed by atoms with Gasteiger partial charge in [0.1, 0.15) is 11.4 Å². The summed E-state index contributed by atoms with van der Waals surface area (Å²) in [6.07, 6.45) is 0.557. The fourth-order valence-corrected chi connectivity index (χ4v) is 2.90.